The van der Waals surface area contributed by atoms with E-state index < -0.39 is 5.91 Å². The lowest BCUT2D eigenvalue weighted by Crippen LogP contribution is -2.27. The first-order valence-electron chi connectivity index (χ1n) is 9.19. The maximum Gasteiger partial charge on any atom is 0.264 e. The summed E-state index contributed by atoms with van der Waals surface area (Å²) in [6, 6.07) is 9.55. The van der Waals surface area contributed by atoms with Crippen LogP contribution in [-0.2, 0) is 11.3 Å². The molecule has 3 aromatic heterocycles. The first-order valence-corrected chi connectivity index (χ1v) is 9.19. The molecule has 9 nitrogen and oxygen atoms in total. The van der Waals surface area contributed by atoms with Crippen LogP contribution in [0, 0.1) is 6.92 Å². The number of aromatic nitrogens is 5. The quantitative estimate of drug-likeness (QED) is 0.559. The normalized spacial score (nSPS) is 11.3. The van der Waals surface area contributed by atoms with Gasteiger partial charge in [0.05, 0.1) is 11.9 Å². The van der Waals surface area contributed by atoms with Crippen LogP contribution in [0.25, 0.3) is 16.7 Å². The van der Waals surface area contributed by atoms with Crippen molar-refractivity contribution in [2.75, 3.05) is 5.32 Å². The fraction of sp³-hybridized carbons (Fsp3) is 0.250. The molecule has 1 N–H and O–H groups in total. The van der Waals surface area contributed by atoms with Gasteiger partial charge in [-0.05, 0) is 30.5 Å². The predicted octanol–water partition coefficient (Wildman–Crippen LogP) is 2.64. The van der Waals surface area contributed by atoms with Gasteiger partial charge >= 0.3 is 0 Å². The van der Waals surface area contributed by atoms with Gasteiger partial charge in [0.25, 0.3) is 5.56 Å². The fourth-order valence-corrected chi connectivity index (χ4v) is 3.01. The van der Waals surface area contributed by atoms with Gasteiger partial charge in [-0.2, -0.15) is 5.10 Å². The van der Waals surface area contributed by atoms with Crippen molar-refractivity contribution in [2.24, 2.45) is 0 Å². The number of nitrogens with zero attached hydrogens (tertiary/aromatic N) is 5. The second-order valence-electron chi connectivity index (χ2n) is 7.09. The van der Waals surface area contributed by atoms with Crippen molar-refractivity contribution in [1.82, 2.24) is 24.5 Å². The summed E-state index contributed by atoms with van der Waals surface area (Å²) in [4.78, 5) is 29.3. The van der Waals surface area contributed by atoms with E-state index in [-0.39, 0.29) is 12.1 Å². The Bertz CT molecular complexity index is 1230. The molecule has 29 heavy (non-hydrogen) atoms. The Labute approximate surface area is 166 Å². The molecule has 0 unspecified atom stereocenters. The Morgan fingerprint density at radius 2 is 2.00 bits per heavy atom. The predicted molar refractivity (Wildman–Crippen MR) is 107 cm³/mol. The topological polar surface area (TPSA) is 108 Å². The van der Waals surface area contributed by atoms with Gasteiger partial charge in [0.15, 0.2) is 11.5 Å². The Balaban J connectivity index is 1.60. The van der Waals surface area contributed by atoms with Gasteiger partial charge in [-0.1, -0.05) is 31.1 Å². The van der Waals surface area contributed by atoms with Crippen LogP contribution in [0.4, 0.5) is 5.82 Å². The average molecular weight is 392 g/mol. The molecule has 0 saturated carbocycles. The zero-order chi connectivity index (χ0) is 20.5. The van der Waals surface area contributed by atoms with Crippen molar-refractivity contribution in [2.45, 2.75) is 33.2 Å². The van der Waals surface area contributed by atoms with Crippen LogP contribution >= 0.6 is 0 Å². The summed E-state index contributed by atoms with van der Waals surface area (Å²) < 4.78 is 7.75. The van der Waals surface area contributed by atoms with Crippen LogP contribution in [0.3, 0.4) is 0 Å². The number of benzene rings is 1. The number of fused-ring (bicyclic) bond motifs is 1. The van der Waals surface area contributed by atoms with Crippen molar-refractivity contribution >= 4 is 22.8 Å². The van der Waals surface area contributed by atoms with E-state index in [1.807, 2.05) is 24.3 Å². The highest BCUT2D eigenvalue weighted by atomic mass is 16.5. The molecule has 0 spiro atoms. The molecule has 9 heteroatoms. The largest absolute Gasteiger partial charge is 0.360 e. The van der Waals surface area contributed by atoms with E-state index in [9.17, 15) is 9.59 Å². The van der Waals surface area contributed by atoms with Gasteiger partial charge in [-0.25, -0.2) is 9.67 Å². The number of hydrogen-bond acceptors (Lipinski definition) is 6. The van der Waals surface area contributed by atoms with Crippen LogP contribution in [0.5, 0.6) is 0 Å². The summed E-state index contributed by atoms with van der Waals surface area (Å²) in [5.74, 6) is 0.899. The van der Waals surface area contributed by atoms with E-state index in [1.165, 1.54) is 22.7 Å². The number of nitrogens with one attached hydrogen (secondary N) is 1. The second-order valence-corrected chi connectivity index (χ2v) is 7.09. The standard InChI is InChI=1S/C20H20N6O3/c1-12(2)14-4-6-15(7-5-14)26-19-16(9-22-26)20(28)25(11-21-19)10-18(27)23-17-8-13(3)29-24-17/h4-9,11-12H,10H2,1-3H3,(H,23,24,27). The lowest BCUT2D eigenvalue weighted by molar-refractivity contribution is -0.116. The van der Waals surface area contributed by atoms with Crippen molar-refractivity contribution < 1.29 is 9.32 Å². The molecule has 0 radical (unpaired) electrons. The molecule has 0 saturated heterocycles. The Hall–Kier alpha value is -3.75. The molecule has 0 aliphatic carbocycles. The molecule has 0 atom stereocenters. The highest BCUT2D eigenvalue weighted by molar-refractivity contribution is 5.89. The van der Waals surface area contributed by atoms with E-state index in [0.717, 1.165) is 5.69 Å². The summed E-state index contributed by atoms with van der Waals surface area (Å²) in [7, 11) is 0. The third-order valence-corrected chi connectivity index (χ3v) is 4.57. The minimum absolute atomic E-state index is 0.193. The first kappa shape index (κ1) is 18.6. The molecule has 0 aliphatic rings. The summed E-state index contributed by atoms with van der Waals surface area (Å²) in [6.45, 7) is 5.78. The van der Waals surface area contributed by atoms with Crippen LogP contribution in [-0.4, -0.2) is 30.4 Å². The molecule has 0 bridgehead atoms. The minimum Gasteiger partial charge on any atom is -0.360 e. The molecular formula is C20H20N6O3. The second kappa shape index (κ2) is 7.34. The lowest BCUT2D eigenvalue weighted by Gasteiger charge is -2.08. The number of rotatable bonds is 5. The van der Waals surface area contributed by atoms with Crippen molar-refractivity contribution in [3.8, 4) is 5.69 Å². The number of hydrogen-bond donors (Lipinski definition) is 1. The summed E-state index contributed by atoms with van der Waals surface area (Å²) >= 11 is 0. The van der Waals surface area contributed by atoms with E-state index in [2.05, 4.69) is 34.4 Å². The highest BCUT2D eigenvalue weighted by Gasteiger charge is 2.14. The number of amides is 1. The first-order chi connectivity index (χ1) is 13.9. The third kappa shape index (κ3) is 3.66. The molecule has 1 amide bonds. The van der Waals surface area contributed by atoms with Crippen molar-refractivity contribution in [3.63, 3.8) is 0 Å². The average Bonchev–Trinajstić information content (AvgIpc) is 3.30. The maximum atomic E-state index is 12.8. The fourth-order valence-electron chi connectivity index (χ4n) is 3.01. The number of anilines is 1. The van der Waals surface area contributed by atoms with Gasteiger partial charge in [-0.15, -0.1) is 0 Å². The molecule has 0 fully saturated rings. The number of carbonyl (C=O) groups is 1. The molecule has 4 rings (SSSR count). The zero-order valence-electron chi connectivity index (χ0n) is 16.3. The van der Waals surface area contributed by atoms with E-state index >= 15 is 0 Å². The zero-order valence-corrected chi connectivity index (χ0v) is 16.3. The molecule has 3 heterocycles. The van der Waals surface area contributed by atoms with Crippen LogP contribution in [0.1, 0.15) is 31.1 Å². The third-order valence-electron chi connectivity index (χ3n) is 4.57. The Kier molecular flexibility index (Phi) is 4.71. The monoisotopic (exact) mass is 392 g/mol. The molecule has 148 valence electrons. The number of carbonyl (C=O) groups excluding carboxylic acids is 1. The molecule has 1 aromatic carbocycles. The smallest absolute Gasteiger partial charge is 0.264 e. The van der Waals surface area contributed by atoms with Gasteiger partial charge in [0.1, 0.15) is 24.0 Å². The van der Waals surface area contributed by atoms with Crippen molar-refractivity contribution in [1.29, 1.82) is 0 Å². The summed E-state index contributed by atoms with van der Waals surface area (Å²) in [5, 5.41) is 10.9. The molecular weight excluding hydrogens is 372 g/mol. The van der Waals surface area contributed by atoms with E-state index in [4.69, 9.17) is 4.52 Å². The minimum atomic E-state index is -0.404. The van der Waals surface area contributed by atoms with Crippen molar-refractivity contribution in [3.05, 3.63) is 64.5 Å². The van der Waals surface area contributed by atoms with E-state index in [1.54, 1.807) is 17.7 Å². The summed E-state index contributed by atoms with van der Waals surface area (Å²) in [5.41, 5.74) is 2.13. The van der Waals surface area contributed by atoms with E-state index in [0.29, 0.717) is 28.5 Å². The van der Waals surface area contributed by atoms with Gasteiger partial charge in [0, 0.05) is 6.07 Å². The van der Waals surface area contributed by atoms with Crippen LogP contribution in [0.2, 0.25) is 0 Å². The van der Waals surface area contributed by atoms with Gasteiger partial charge in [0.2, 0.25) is 5.91 Å². The SMILES string of the molecule is Cc1cc(NC(=O)Cn2cnc3c(cnn3-c3ccc(C(C)C)cc3)c2=O)no1. The highest BCUT2D eigenvalue weighted by Crippen LogP contribution is 2.18. The van der Waals surface area contributed by atoms with Gasteiger partial charge in [-0.3, -0.25) is 14.2 Å². The Morgan fingerprint density at radius 3 is 2.66 bits per heavy atom. The lowest BCUT2D eigenvalue weighted by atomic mass is 10.0. The molecule has 4 aromatic rings. The summed E-state index contributed by atoms with van der Waals surface area (Å²) in [6.07, 6.45) is 2.81. The Morgan fingerprint density at radius 1 is 1.24 bits per heavy atom. The van der Waals surface area contributed by atoms with Gasteiger partial charge < -0.3 is 9.84 Å². The number of aryl methyl sites for hydroxylation is 1. The maximum absolute atomic E-state index is 12.8. The van der Waals surface area contributed by atoms with Crippen LogP contribution < -0.4 is 10.9 Å². The van der Waals surface area contributed by atoms with Crippen LogP contribution in [0.15, 0.2) is 52.2 Å². The molecule has 0 aliphatic heterocycles.